The van der Waals surface area contributed by atoms with E-state index >= 15 is 0 Å². The van der Waals surface area contributed by atoms with Gasteiger partial charge in [-0.25, -0.2) is 4.79 Å². The van der Waals surface area contributed by atoms with E-state index in [1.807, 2.05) is 55.1 Å². The maximum atomic E-state index is 12.8. The van der Waals surface area contributed by atoms with Crippen molar-refractivity contribution in [1.29, 1.82) is 0 Å². The number of anilines is 1. The van der Waals surface area contributed by atoms with Crippen molar-refractivity contribution < 1.29 is 4.79 Å². The zero-order valence-corrected chi connectivity index (χ0v) is 14.4. The van der Waals surface area contributed by atoms with Crippen LogP contribution in [0.5, 0.6) is 0 Å². The van der Waals surface area contributed by atoms with Crippen LogP contribution in [-0.2, 0) is 5.54 Å². The van der Waals surface area contributed by atoms with Gasteiger partial charge in [0.2, 0.25) is 0 Å². The first-order valence-electron chi connectivity index (χ1n) is 7.96. The van der Waals surface area contributed by atoms with Crippen molar-refractivity contribution in [2.24, 2.45) is 0 Å². The first kappa shape index (κ1) is 15.9. The lowest BCUT2D eigenvalue weighted by Crippen LogP contribution is -2.57. The Labute approximate surface area is 142 Å². The van der Waals surface area contributed by atoms with Crippen molar-refractivity contribution >= 4 is 23.3 Å². The van der Waals surface area contributed by atoms with Gasteiger partial charge in [-0.2, -0.15) is 0 Å². The summed E-state index contributed by atoms with van der Waals surface area (Å²) in [6.45, 7) is 6.20. The van der Waals surface area contributed by atoms with Crippen LogP contribution in [-0.4, -0.2) is 17.0 Å². The molecule has 0 aromatic heterocycles. The summed E-state index contributed by atoms with van der Waals surface area (Å²) in [6, 6.07) is 15.9. The van der Waals surface area contributed by atoms with E-state index < -0.39 is 5.54 Å². The normalized spacial score (nSPS) is 20.4. The van der Waals surface area contributed by atoms with Crippen LogP contribution in [0, 0.1) is 0 Å². The summed E-state index contributed by atoms with van der Waals surface area (Å²) in [5.74, 6) is 0. The fraction of sp³-hybridized carbons (Fsp3) is 0.316. The highest BCUT2D eigenvalue weighted by molar-refractivity contribution is 6.30. The molecule has 1 heterocycles. The summed E-state index contributed by atoms with van der Waals surface area (Å²) in [5.41, 5.74) is 2.47. The third-order valence-electron chi connectivity index (χ3n) is 4.58. The molecule has 1 aliphatic rings. The molecule has 0 saturated carbocycles. The molecule has 0 fully saturated rings. The van der Waals surface area contributed by atoms with Crippen molar-refractivity contribution in [3.8, 4) is 0 Å². The highest BCUT2D eigenvalue weighted by Gasteiger charge is 2.47. The van der Waals surface area contributed by atoms with Gasteiger partial charge in [-0.3, -0.25) is 0 Å². The Morgan fingerprint density at radius 2 is 1.87 bits per heavy atom. The van der Waals surface area contributed by atoms with Crippen molar-refractivity contribution in [2.45, 2.75) is 38.8 Å². The van der Waals surface area contributed by atoms with Crippen LogP contribution in [0.3, 0.4) is 0 Å². The maximum absolute atomic E-state index is 12.8. The summed E-state index contributed by atoms with van der Waals surface area (Å²) in [4.78, 5) is 14.7. The van der Waals surface area contributed by atoms with Gasteiger partial charge in [0, 0.05) is 22.3 Å². The number of halogens is 1. The summed E-state index contributed by atoms with van der Waals surface area (Å²) in [6.07, 6.45) is 0.774. The lowest BCUT2D eigenvalue weighted by atomic mass is 9.76. The molecule has 120 valence electrons. The number of hydrogen-bond acceptors (Lipinski definition) is 1. The zero-order chi connectivity index (χ0) is 16.6. The fourth-order valence-electron chi connectivity index (χ4n) is 3.69. The molecule has 0 bridgehead atoms. The third kappa shape index (κ3) is 2.40. The van der Waals surface area contributed by atoms with Crippen molar-refractivity contribution in [1.82, 2.24) is 4.90 Å². The van der Waals surface area contributed by atoms with E-state index in [1.54, 1.807) is 0 Å². The van der Waals surface area contributed by atoms with E-state index in [9.17, 15) is 4.79 Å². The topological polar surface area (TPSA) is 32.3 Å². The number of carbonyl (C=O) groups is 1. The van der Waals surface area contributed by atoms with Crippen molar-refractivity contribution in [3.63, 3.8) is 0 Å². The second kappa shape index (κ2) is 5.89. The number of nitrogens with one attached hydrogen (secondary N) is 1. The van der Waals surface area contributed by atoms with Gasteiger partial charge in [-0.1, -0.05) is 48.9 Å². The van der Waals surface area contributed by atoms with E-state index in [2.05, 4.69) is 24.4 Å². The molecular weight excluding hydrogens is 308 g/mol. The molecule has 1 atom stereocenters. The van der Waals surface area contributed by atoms with E-state index in [-0.39, 0.29) is 12.1 Å². The molecule has 1 unspecified atom stereocenters. The first-order valence-corrected chi connectivity index (χ1v) is 8.34. The quantitative estimate of drug-likeness (QED) is 0.820. The molecule has 2 aromatic rings. The monoisotopic (exact) mass is 328 g/mol. The van der Waals surface area contributed by atoms with Gasteiger partial charge in [-0.05, 0) is 44.0 Å². The Kier molecular flexibility index (Phi) is 4.07. The molecule has 0 radical (unpaired) electrons. The number of nitrogens with zero attached hydrogens (tertiary/aromatic N) is 1. The third-order valence-corrected chi connectivity index (χ3v) is 4.81. The molecule has 1 aliphatic heterocycles. The van der Waals surface area contributed by atoms with Gasteiger partial charge in [0.05, 0.1) is 5.54 Å². The van der Waals surface area contributed by atoms with Crippen LogP contribution >= 0.6 is 11.6 Å². The summed E-state index contributed by atoms with van der Waals surface area (Å²) in [5, 5.41) is 3.68. The lowest BCUT2D eigenvalue weighted by molar-refractivity contribution is 0.114. The van der Waals surface area contributed by atoms with Crippen LogP contribution < -0.4 is 5.32 Å². The Balaban J connectivity index is 2.35. The van der Waals surface area contributed by atoms with Crippen LogP contribution in [0.25, 0.3) is 0 Å². The summed E-state index contributed by atoms with van der Waals surface area (Å²) in [7, 11) is 0. The average Bonchev–Trinajstić information content (AvgIpc) is 2.54. The Bertz CT molecular complexity index is 729. The number of urea groups is 1. The number of fused-ring (bicyclic) bond motifs is 1. The number of carbonyl (C=O) groups excluding carboxylic acids is 1. The van der Waals surface area contributed by atoms with Gasteiger partial charge in [0.1, 0.15) is 0 Å². The molecule has 3 rings (SSSR count). The van der Waals surface area contributed by atoms with Gasteiger partial charge in [-0.15, -0.1) is 0 Å². The molecule has 2 aromatic carbocycles. The number of benzene rings is 2. The van der Waals surface area contributed by atoms with Gasteiger partial charge >= 0.3 is 6.03 Å². The molecule has 4 heteroatoms. The van der Waals surface area contributed by atoms with E-state index in [0.29, 0.717) is 5.02 Å². The molecule has 3 nitrogen and oxygen atoms in total. The minimum Gasteiger partial charge on any atom is -0.308 e. The van der Waals surface area contributed by atoms with E-state index in [1.165, 1.54) is 0 Å². The Morgan fingerprint density at radius 3 is 2.48 bits per heavy atom. The molecule has 0 saturated heterocycles. The van der Waals surface area contributed by atoms with Crippen molar-refractivity contribution in [2.75, 3.05) is 5.32 Å². The molecule has 1 N–H and O–H groups in total. The standard InChI is InChI=1S/C19H21ClN2O/c1-4-19(14-8-6-5-7-9-14)16-12-15(20)10-11-17(16)21-18(23)22(19)13(2)3/h5-13H,4H2,1-3H3,(H,21,23). The number of rotatable bonds is 3. The highest BCUT2D eigenvalue weighted by Crippen LogP contribution is 2.47. The second-order valence-corrected chi connectivity index (χ2v) is 6.60. The minimum atomic E-state index is -0.516. The largest absolute Gasteiger partial charge is 0.323 e. The molecule has 0 spiro atoms. The van der Waals surface area contributed by atoms with Gasteiger partial charge in [0.15, 0.2) is 0 Å². The maximum Gasteiger partial charge on any atom is 0.323 e. The van der Waals surface area contributed by atoms with Crippen LogP contribution in [0.2, 0.25) is 5.02 Å². The SMILES string of the molecule is CCC1(c2ccccc2)c2cc(Cl)ccc2NC(=O)N1C(C)C. The molecule has 23 heavy (non-hydrogen) atoms. The van der Waals surface area contributed by atoms with Gasteiger partial charge < -0.3 is 10.2 Å². The summed E-state index contributed by atoms with van der Waals surface area (Å²) < 4.78 is 0. The predicted molar refractivity (Wildman–Crippen MR) is 95.0 cm³/mol. The highest BCUT2D eigenvalue weighted by atomic mass is 35.5. The number of hydrogen-bond donors (Lipinski definition) is 1. The Morgan fingerprint density at radius 1 is 1.17 bits per heavy atom. The Hall–Kier alpha value is -2.00. The fourth-order valence-corrected chi connectivity index (χ4v) is 3.87. The lowest BCUT2D eigenvalue weighted by Gasteiger charge is -2.50. The minimum absolute atomic E-state index is 0.0577. The average molecular weight is 329 g/mol. The molecule has 2 amide bonds. The van der Waals surface area contributed by atoms with Gasteiger partial charge in [0.25, 0.3) is 0 Å². The predicted octanol–water partition coefficient (Wildman–Crippen LogP) is 5.25. The molecule has 0 aliphatic carbocycles. The summed E-state index contributed by atoms with van der Waals surface area (Å²) >= 11 is 6.28. The van der Waals surface area contributed by atoms with E-state index in [4.69, 9.17) is 11.6 Å². The van der Waals surface area contributed by atoms with Crippen LogP contribution in [0.1, 0.15) is 38.3 Å². The van der Waals surface area contributed by atoms with Crippen LogP contribution in [0.15, 0.2) is 48.5 Å². The number of amides is 2. The zero-order valence-electron chi connectivity index (χ0n) is 13.6. The second-order valence-electron chi connectivity index (χ2n) is 6.16. The smallest absolute Gasteiger partial charge is 0.308 e. The van der Waals surface area contributed by atoms with Crippen molar-refractivity contribution in [3.05, 3.63) is 64.7 Å². The first-order chi connectivity index (χ1) is 11.0. The van der Waals surface area contributed by atoms with E-state index in [0.717, 1.165) is 23.2 Å². The molecular formula is C19H21ClN2O. The van der Waals surface area contributed by atoms with Crippen LogP contribution in [0.4, 0.5) is 10.5 Å².